The van der Waals surface area contributed by atoms with Crippen molar-refractivity contribution in [2.45, 2.75) is 30.5 Å². The van der Waals surface area contributed by atoms with Crippen LogP contribution < -0.4 is 4.90 Å². The Morgan fingerprint density at radius 1 is 1.20 bits per heavy atom. The minimum absolute atomic E-state index is 0.0287. The number of carboxylic acid groups (broad SMARTS) is 1. The van der Waals surface area contributed by atoms with Crippen LogP contribution in [0.25, 0.3) is 0 Å². The molecule has 2 aromatic carbocycles. The molecule has 11 heteroatoms. The Hall–Kier alpha value is -4.04. The lowest BCUT2D eigenvalue weighted by Crippen LogP contribution is -2.51. The second-order valence-electron chi connectivity index (χ2n) is 8.27. The normalized spacial score (nSPS) is 18.0. The van der Waals surface area contributed by atoms with Gasteiger partial charge in [0.2, 0.25) is 0 Å². The molecule has 9 nitrogen and oxygen atoms in total. The van der Waals surface area contributed by atoms with Gasteiger partial charge in [-0.25, -0.2) is 17.6 Å². The molecule has 0 saturated heterocycles. The van der Waals surface area contributed by atoms with Gasteiger partial charge in [-0.15, -0.1) is 0 Å². The van der Waals surface area contributed by atoms with Crippen LogP contribution in [0.3, 0.4) is 0 Å². The molecule has 2 aromatic rings. The van der Waals surface area contributed by atoms with E-state index >= 15 is 0 Å². The molecule has 1 aliphatic carbocycles. The molecule has 1 aliphatic heterocycles. The molecule has 180 valence electrons. The Balaban J connectivity index is 2.02. The second-order valence-corrected chi connectivity index (χ2v) is 10.2. The molecular weight excluding hydrogens is 477 g/mol. The van der Waals surface area contributed by atoms with Crippen molar-refractivity contribution in [2.75, 3.05) is 17.7 Å². The fourth-order valence-corrected chi connectivity index (χ4v) is 5.49. The summed E-state index contributed by atoms with van der Waals surface area (Å²) in [4.78, 5) is 40.4. The highest BCUT2D eigenvalue weighted by Crippen LogP contribution is 2.46. The van der Waals surface area contributed by atoms with Gasteiger partial charge in [0, 0.05) is 23.9 Å². The number of hydrogen-bond donors (Lipinski definition) is 1. The fraction of sp³-hybridized carbons (Fsp3) is 0.250. The number of urea groups is 1. The highest BCUT2D eigenvalue weighted by molar-refractivity contribution is 7.90. The molecular formula is C24H20FN3O6S. The number of sulfone groups is 1. The summed E-state index contributed by atoms with van der Waals surface area (Å²) in [5.41, 5.74) is 1.06. The molecule has 1 unspecified atom stereocenters. The summed E-state index contributed by atoms with van der Waals surface area (Å²) in [6.07, 6.45) is 1.14. The van der Waals surface area contributed by atoms with Crippen LogP contribution in [0.1, 0.15) is 35.6 Å². The average Bonchev–Trinajstić information content (AvgIpc) is 3.19. The number of ketones is 1. The lowest BCUT2D eigenvalue weighted by atomic mass is 9.92. The maximum Gasteiger partial charge on any atom is 0.330 e. The zero-order chi connectivity index (χ0) is 25.5. The van der Waals surface area contributed by atoms with Gasteiger partial charge in [-0.3, -0.25) is 14.5 Å². The van der Waals surface area contributed by atoms with Crippen molar-refractivity contribution in [1.82, 2.24) is 4.90 Å². The standard InChI is InChI=1S/C24H20FN3O6S/c1-35(33,34)20-10-15(12-26)5-6-17(20)23-22-18(7-8-19(22)29)28(24(32)27(23)13-21(30)31)16-4-2-3-14(9-16)11-25/h2-6,9-10,23H,7-8,11,13H2,1H3,(H,30,31). The van der Waals surface area contributed by atoms with Gasteiger partial charge in [-0.05, 0) is 41.8 Å². The van der Waals surface area contributed by atoms with Gasteiger partial charge in [0.1, 0.15) is 13.2 Å². The van der Waals surface area contributed by atoms with E-state index in [1.807, 2.05) is 6.07 Å². The third kappa shape index (κ3) is 4.28. The van der Waals surface area contributed by atoms with E-state index in [1.54, 1.807) is 12.1 Å². The Bertz CT molecular complexity index is 1440. The Labute approximate surface area is 200 Å². The van der Waals surface area contributed by atoms with Gasteiger partial charge in [0.15, 0.2) is 15.6 Å². The fourth-order valence-electron chi connectivity index (χ4n) is 4.54. The number of alkyl halides is 1. The van der Waals surface area contributed by atoms with Crippen LogP contribution in [0.2, 0.25) is 0 Å². The molecule has 1 N–H and O–H groups in total. The number of aliphatic carboxylic acids is 1. The van der Waals surface area contributed by atoms with E-state index in [1.165, 1.54) is 29.2 Å². The monoisotopic (exact) mass is 497 g/mol. The highest BCUT2D eigenvalue weighted by Gasteiger charge is 2.47. The van der Waals surface area contributed by atoms with Crippen molar-refractivity contribution >= 4 is 33.3 Å². The molecule has 0 fully saturated rings. The van der Waals surface area contributed by atoms with E-state index in [2.05, 4.69) is 0 Å². The third-order valence-corrected chi connectivity index (χ3v) is 7.11. The minimum atomic E-state index is -3.93. The first kappa shape index (κ1) is 24.1. The average molecular weight is 498 g/mol. The summed E-state index contributed by atoms with van der Waals surface area (Å²) in [6, 6.07) is 9.67. The van der Waals surface area contributed by atoms with Gasteiger partial charge in [0.25, 0.3) is 0 Å². The van der Waals surface area contributed by atoms with Crippen LogP contribution in [0.5, 0.6) is 0 Å². The van der Waals surface area contributed by atoms with E-state index in [0.29, 0.717) is 11.3 Å². The first-order valence-corrected chi connectivity index (χ1v) is 12.4. The van der Waals surface area contributed by atoms with Crippen molar-refractivity contribution in [3.05, 3.63) is 70.4 Å². The quantitative estimate of drug-likeness (QED) is 0.648. The zero-order valence-electron chi connectivity index (χ0n) is 18.6. The number of halogens is 1. The number of carboxylic acids is 1. The van der Waals surface area contributed by atoms with Crippen LogP contribution in [0.4, 0.5) is 14.9 Å². The van der Waals surface area contributed by atoms with Crippen LogP contribution in [-0.4, -0.2) is 49.0 Å². The van der Waals surface area contributed by atoms with Crippen LogP contribution in [0.15, 0.2) is 58.6 Å². The smallest absolute Gasteiger partial charge is 0.330 e. The second kappa shape index (κ2) is 8.96. The lowest BCUT2D eigenvalue weighted by molar-refractivity contribution is -0.138. The number of hydrogen-bond acceptors (Lipinski definition) is 6. The summed E-state index contributed by atoms with van der Waals surface area (Å²) >= 11 is 0. The van der Waals surface area contributed by atoms with Crippen molar-refractivity contribution < 1.29 is 32.3 Å². The van der Waals surface area contributed by atoms with Crippen molar-refractivity contribution in [3.8, 4) is 6.07 Å². The molecule has 1 atom stereocenters. The summed E-state index contributed by atoms with van der Waals surface area (Å²) in [7, 11) is -3.93. The highest BCUT2D eigenvalue weighted by atomic mass is 32.2. The maximum atomic E-state index is 13.7. The summed E-state index contributed by atoms with van der Waals surface area (Å²) in [6.45, 7) is -1.61. The molecule has 35 heavy (non-hydrogen) atoms. The summed E-state index contributed by atoms with van der Waals surface area (Å²) in [5, 5.41) is 18.8. The van der Waals surface area contributed by atoms with Crippen LogP contribution in [0, 0.1) is 11.3 Å². The van der Waals surface area contributed by atoms with Crippen LogP contribution in [-0.2, 0) is 26.1 Å². The Morgan fingerprint density at radius 3 is 2.57 bits per heavy atom. The van der Waals surface area contributed by atoms with E-state index in [0.717, 1.165) is 17.2 Å². The molecule has 0 saturated carbocycles. The molecule has 1 heterocycles. The molecule has 0 radical (unpaired) electrons. The minimum Gasteiger partial charge on any atom is -0.480 e. The Morgan fingerprint density at radius 2 is 1.94 bits per heavy atom. The number of anilines is 1. The molecule has 0 bridgehead atoms. The van der Waals surface area contributed by atoms with Crippen molar-refractivity contribution in [1.29, 1.82) is 5.26 Å². The lowest BCUT2D eigenvalue weighted by Gasteiger charge is -2.42. The topological polar surface area (TPSA) is 136 Å². The molecule has 0 spiro atoms. The predicted molar refractivity (Wildman–Crippen MR) is 122 cm³/mol. The Kier molecular flexibility index (Phi) is 6.17. The van der Waals surface area contributed by atoms with Gasteiger partial charge in [-0.2, -0.15) is 5.26 Å². The number of rotatable bonds is 6. The summed E-state index contributed by atoms with van der Waals surface area (Å²) < 4.78 is 38.6. The number of nitriles is 1. The maximum absolute atomic E-state index is 13.7. The van der Waals surface area contributed by atoms with E-state index in [4.69, 9.17) is 0 Å². The van der Waals surface area contributed by atoms with Crippen LogP contribution >= 0.6 is 0 Å². The van der Waals surface area contributed by atoms with Crippen molar-refractivity contribution in [3.63, 3.8) is 0 Å². The SMILES string of the molecule is CS(=O)(=O)c1cc(C#N)ccc1C1C2=C(CCC2=O)N(c2cccc(CF)c2)C(=O)N1CC(=O)O. The zero-order valence-corrected chi connectivity index (χ0v) is 19.4. The molecule has 2 aliphatic rings. The number of amides is 2. The number of carbonyl (C=O) groups excluding carboxylic acids is 2. The first-order valence-electron chi connectivity index (χ1n) is 10.5. The van der Waals surface area contributed by atoms with Gasteiger partial charge >= 0.3 is 12.0 Å². The largest absolute Gasteiger partial charge is 0.480 e. The number of nitrogens with zero attached hydrogens (tertiary/aromatic N) is 3. The van der Waals surface area contributed by atoms with Gasteiger partial charge < -0.3 is 10.0 Å². The number of Topliss-reactive ketones (excluding diaryl/α,β-unsaturated/α-hetero) is 1. The van der Waals surface area contributed by atoms with E-state index in [9.17, 15) is 37.6 Å². The number of carbonyl (C=O) groups is 3. The van der Waals surface area contributed by atoms with Gasteiger partial charge in [-0.1, -0.05) is 18.2 Å². The molecule has 2 amide bonds. The predicted octanol–water partition coefficient (Wildman–Crippen LogP) is 3.12. The summed E-state index contributed by atoms with van der Waals surface area (Å²) in [5.74, 6) is -1.73. The van der Waals surface area contributed by atoms with Crippen molar-refractivity contribution in [2.24, 2.45) is 0 Å². The number of allylic oxidation sites excluding steroid dienone is 1. The van der Waals surface area contributed by atoms with Gasteiger partial charge in [0.05, 0.1) is 28.3 Å². The molecule has 0 aromatic heterocycles. The van der Waals surface area contributed by atoms with E-state index in [-0.39, 0.29) is 45.9 Å². The molecule has 4 rings (SSSR count). The number of benzene rings is 2. The third-order valence-electron chi connectivity index (χ3n) is 5.96. The first-order chi connectivity index (χ1) is 16.6. The van der Waals surface area contributed by atoms with E-state index < -0.39 is 41.1 Å².